The number of carbonyl (C=O) groups excluding carboxylic acids is 2. The summed E-state index contributed by atoms with van der Waals surface area (Å²) in [4.78, 5) is 37.3. The van der Waals surface area contributed by atoms with Gasteiger partial charge in [0, 0.05) is 50.8 Å². The van der Waals surface area contributed by atoms with Gasteiger partial charge in [0.05, 0.1) is 12.2 Å². The Morgan fingerprint density at radius 2 is 1.80 bits per heavy atom. The van der Waals surface area contributed by atoms with Crippen LogP contribution in [0.4, 0.5) is 5.82 Å². The molecule has 9 nitrogen and oxygen atoms in total. The first-order valence-electron chi connectivity index (χ1n) is 12.0. The van der Waals surface area contributed by atoms with Crippen molar-refractivity contribution in [3.8, 4) is 11.4 Å². The average molecular weight is 478 g/mol. The summed E-state index contributed by atoms with van der Waals surface area (Å²) < 4.78 is 10.4. The lowest BCUT2D eigenvalue weighted by Gasteiger charge is -2.35. The van der Waals surface area contributed by atoms with Crippen molar-refractivity contribution < 1.29 is 18.8 Å². The Balaban J connectivity index is 1.25. The van der Waals surface area contributed by atoms with Gasteiger partial charge in [-0.05, 0) is 30.5 Å². The maximum atomic E-state index is 12.7. The molecule has 0 unspecified atom stereocenters. The zero-order chi connectivity index (χ0) is 24.8. The third-order valence-electron chi connectivity index (χ3n) is 6.07. The van der Waals surface area contributed by atoms with Gasteiger partial charge in [0.15, 0.2) is 0 Å². The molecule has 2 aromatic heterocycles. The van der Waals surface area contributed by atoms with Crippen LogP contribution in [0.25, 0.3) is 11.4 Å². The van der Waals surface area contributed by atoms with Crippen LogP contribution >= 0.6 is 0 Å². The Morgan fingerprint density at radius 1 is 1.06 bits per heavy atom. The maximum Gasteiger partial charge on any atom is 0.339 e. The van der Waals surface area contributed by atoms with E-state index in [2.05, 4.69) is 46.0 Å². The van der Waals surface area contributed by atoms with Gasteiger partial charge in [-0.3, -0.25) is 4.79 Å². The van der Waals surface area contributed by atoms with E-state index in [1.165, 1.54) is 11.8 Å². The Labute approximate surface area is 205 Å². The van der Waals surface area contributed by atoms with E-state index in [0.29, 0.717) is 68.8 Å². The Hall–Kier alpha value is -3.75. The number of pyridine rings is 1. The molecule has 0 spiro atoms. The minimum absolute atomic E-state index is 0.0660. The van der Waals surface area contributed by atoms with Crippen molar-refractivity contribution in [2.45, 2.75) is 39.5 Å². The van der Waals surface area contributed by atoms with Gasteiger partial charge < -0.3 is 19.1 Å². The summed E-state index contributed by atoms with van der Waals surface area (Å²) in [5.41, 5.74) is 2.59. The van der Waals surface area contributed by atoms with Crippen molar-refractivity contribution in [1.29, 1.82) is 0 Å². The third kappa shape index (κ3) is 6.03. The van der Waals surface area contributed by atoms with Crippen molar-refractivity contribution in [3.05, 3.63) is 59.6 Å². The van der Waals surface area contributed by atoms with Crippen LogP contribution in [0.2, 0.25) is 0 Å². The topological polar surface area (TPSA) is 102 Å². The summed E-state index contributed by atoms with van der Waals surface area (Å²) in [6.07, 6.45) is 2.26. The third-order valence-corrected chi connectivity index (χ3v) is 6.07. The number of amides is 1. The van der Waals surface area contributed by atoms with Crippen LogP contribution in [0.3, 0.4) is 0 Å². The van der Waals surface area contributed by atoms with Crippen LogP contribution in [0, 0.1) is 0 Å². The monoisotopic (exact) mass is 477 g/mol. The van der Waals surface area contributed by atoms with E-state index in [-0.39, 0.29) is 11.9 Å². The lowest BCUT2D eigenvalue weighted by Crippen LogP contribution is -2.49. The molecule has 35 heavy (non-hydrogen) atoms. The Morgan fingerprint density at radius 3 is 2.43 bits per heavy atom. The van der Waals surface area contributed by atoms with Crippen molar-refractivity contribution in [1.82, 2.24) is 20.0 Å². The molecule has 1 aliphatic heterocycles. The number of esters is 1. The zero-order valence-electron chi connectivity index (χ0n) is 20.4. The molecule has 0 N–H and O–H groups in total. The second kappa shape index (κ2) is 11.1. The first-order valence-corrected chi connectivity index (χ1v) is 12.0. The van der Waals surface area contributed by atoms with Gasteiger partial charge in [0.2, 0.25) is 17.6 Å². The Kier molecular flexibility index (Phi) is 7.74. The molecule has 4 rings (SSSR count). The highest BCUT2D eigenvalue weighted by atomic mass is 16.5. The van der Waals surface area contributed by atoms with E-state index in [9.17, 15) is 9.59 Å². The predicted molar refractivity (Wildman–Crippen MR) is 131 cm³/mol. The molecular formula is C26H31N5O4. The van der Waals surface area contributed by atoms with Crippen molar-refractivity contribution in [3.63, 3.8) is 0 Å². The van der Waals surface area contributed by atoms with E-state index >= 15 is 0 Å². The molecule has 1 fully saturated rings. The minimum atomic E-state index is -0.376. The number of ether oxygens (including phenoxy) is 1. The smallest absolute Gasteiger partial charge is 0.339 e. The molecule has 0 atom stereocenters. The summed E-state index contributed by atoms with van der Waals surface area (Å²) >= 11 is 0. The summed E-state index contributed by atoms with van der Waals surface area (Å²) in [6, 6.07) is 11.7. The highest BCUT2D eigenvalue weighted by molar-refractivity contribution is 5.89. The molecule has 1 saturated heterocycles. The highest BCUT2D eigenvalue weighted by Crippen LogP contribution is 2.21. The summed E-state index contributed by atoms with van der Waals surface area (Å²) in [6.45, 7) is 8.97. The van der Waals surface area contributed by atoms with Gasteiger partial charge in [-0.1, -0.05) is 43.3 Å². The highest BCUT2D eigenvalue weighted by Gasteiger charge is 2.23. The van der Waals surface area contributed by atoms with Crippen molar-refractivity contribution in [2.24, 2.45) is 0 Å². The molecule has 0 saturated carbocycles. The fourth-order valence-electron chi connectivity index (χ4n) is 3.96. The number of aryl methyl sites for hydroxylation is 1. The molecule has 184 valence electrons. The molecule has 0 bridgehead atoms. The van der Waals surface area contributed by atoms with Crippen LogP contribution in [-0.2, 0) is 16.0 Å². The second-order valence-corrected chi connectivity index (χ2v) is 8.78. The second-order valence-electron chi connectivity index (χ2n) is 8.78. The number of hydrogen-bond donors (Lipinski definition) is 0. The molecule has 0 aliphatic carbocycles. The zero-order valence-corrected chi connectivity index (χ0v) is 20.4. The number of nitrogens with zero attached hydrogens (tertiary/aromatic N) is 5. The molecule has 1 amide bonds. The standard InChI is InChI=1S/C26H31N5O4/c1-4-34-26(33)21-9-10-22(27-17-21)30-13-15-31(16-14-30)24(32)12-11-23-28-25(29-35-23)20-7-5-19(6-8-20)18(2)3/h5-10,17-18H,4,11-16H2,1-3H3. The number of carbonyl (C=O) groups is 2. The largest absolute Gasteiger partial charge is 0.462 e. The van der Waals surface area contributed by atoms with E-state index < -0.39 is 0 Å². The van der Waals surface area contributed by atoms with E-state index in [1.54, 1.807) is 13.0 Å². The number of benzene rings is 1. The number of hydrogen-bond acceptors (Lipinski definition) is 8. The lowest BCUT2D eigenvalue weighted by molar-refractivity contribution is -0.131. The van der Waals surface area contributed by atoms with Crippen molar-refractivity contribution >= 4 is 17.7 Å². The van der Waals surface area contributed by atoms with Gasteiger partial charge in [-0.25, -0.2) is 9.78 Å². The average Bonchev–Trinajstić information content (AvgIpc) is 3.37. The molecule has 3 aromatic rings. The van der Waals surface area contributed by atoms with Crippen LogP contribution in [-0.4, -0.2) is 64.7 Å². The van der Waals surface area contributed by atoms with Gasteiger partial charge in [-0.15, -0.1) is 0 Å². The SMILES string of the molecule is CCOC(=O)c1ccc(N2CCN(C(=O)CCc3nc(-c4ccc(C(C)C)cc4)no3)CC2)nc1. The van der Waals surface area contributed by atoms with Crippen LogP contribution in [0.5, 0.6) is 0 Å². The minimum Gasteiger partial charge on any atom is -0.462 e. The van der Waals surface area contributed by atoms with Gasteiger partial charge in [0.1, 0.15) is 5.82 Å². The maximum absolute atomic E-state index is 12.7. The molecule has 3 heterocycles. The molecule has 9 heteroatoms. The van der Waals surface area contributed by atoms with Crippen LogP contribution < -0.4 is 4.90 Å². The fourth-order valence-corrected chi connectivity index (χ4v) is 3.96. The number of aromatic nitrogens is 3. The first kappa shape index (κ1) is 24.4. The van der Waals surface area contributed by atoms with Gasteiger partial charge in [0.25, 0.3) is 0 Å². The quantitative estimate of drug-likeness (QED) is 0.453. The predicted octanol–water partition coefficient (Wildman–Crippen LogP) is 3.71. The number of rotatable bonds is 8. The summed E-state index contributed by atoms with van der Waals surface area (Å²) in [5.74, 6) is 1.94. The first-order chi connectivity index (χ1) is 16.9. The van der Waals surface area contributed by atoms with Crippen molar-refractivity contribution in [2.75, 3.05) is 37.7 Å². The normalized spacial score (nSPS) is 13.8. The van der Waals surface area contributed by atoms with E-state index in [4.69, 9.17) is 9.26 Å². The number of anilines is 1. The summed E-state index contributed by atoms with van der Waals surface area (Å²) in [7, 11) is 0. The number of piperazine rings is 1. The molecular weight excluding hydrogens is 446 g/mol. The lowest BCUT2D eigenvalue weighted by atomic mass is 10.0. The van der Waals surface area contributed by atoms with Crippen LogP contribution in [0.15, 0.2) is 47.1 Å². The Bertz CT molecular complexity index is 1130. The molecule has 0 radical (unpaired) electrons. The molecule has 1 aliphatic rings. The fraction of sp³-hybridized carbons (Fsp3) is 0.423. The van der Waals surface area contributed by atoms with Crippen LogP contribution in [0.1, 0.15) is 54.9 Å². The molecule has 1 aromatic carbocycles. The van der Waals surface area contributed by atoms with Gasteiger partial charge >= 0.3 is 5.97 Å². The summed E-state index contributed by atoms with van der Waals surface area (Å²) in [5, 5.41) is 4.07. The van der Waals surface area contributed by atoms with E-state index in [1.807, 2.05) is 23.1 Å². The van der Waals surface area contributed by atoms with Gasteiger partial charge in [-0.2, -0.15) is 4.98 Å². The van der Waals surface area contributed by atoms with E-state index in [0.717, 1.165) is 11.4 Å².